The Morgan fingerprint density at radius 2 is 1.94 bits per heavy atom. The van der Waals surface area contributed by atoms with E-state index in [2.05, 4.69) is 5.10 Å². The first kappa shape index (κ1) is 13.8. The van der Waals surface area contributed by atoms with Crippen molar-refractivity contribution < 1.29 is 8.42 Å². The van der Waals surface area contributed by atoms with Crippen molar-refractivity contribution in [3.8, 4) is 0 Å². The Morgan fingerprint density at radius 1 is 1.31 bits per heavy atom. The molecule has 92 valence electrons. The molecule has 0 atom stereocenters. The first-order valence-electron chi connectivity index (χ1n) is 5.11. The summed E-state index contributed by atoms with van der Waals surface area (Å²) < 4.78 is 24.3. The molecule has 0 amide bonds. The van der Waals surface area contributed by atoms with Crippen LogP contribution in [-0.2, 0) is 22.0 Å². The number of halogens is 2. The second kappa shape index (κ2) is 5.38. The summed E-state index contributed by atoms with van der Waals surface area (Å²) in [6, 6.07) is 0. The van der Waals surface area contributed by atoms with Crippen LogP contribution in [0.25, 0.3) is 0 Å². The molecule has 0 fully saturated rings. The summed E-state index contributed by atoms with van der Waals surface area (Å²) in [5.41, 5.74) is 0.455. The highest BCUT2D eigenvalue weighted by molar-refractivity contribution is 8.13. The largest absolute Gasteiger partial charge is 0.266 e. The first-order valence-corrected chi connectivity index (χ1v) is 7.80. The van der Waals surface area contributed by atoms with E-state index in [1.54, 1.807) is 0 Å². The molecule has 7 heteroatoms. The van der Waals surface area contributed by atoms with Crippen LogP contribution in [0, 0.1) is 0 Å². The van der Waals surface area contributed by atoms with E-state index in [1.807, 2.05) is 13.8 Å². The number of aromatic nitrogens is 2. The average molecular weight is 285 g/mol. The van der Waals surface area contributed by atoms with Gasteiger partial charge in [-0.3, -0.25) is 4.68 Å². The van der Waals surface area contributed by atoms with Crippen molar-refractivity contribution in [1.29, 1.82) is 0 Å². The second-order valence-corrected chi connectivity index (χ2v) is 6.34. The predicted octanol–water partition coefficient (Wildman–Crippen LogP) is 2.83. The van der Waals surface area contributed by atoms with Crippen LogP contribution in [-0.4, -0.2) is 18.2 Å². The van der Waals surface area contributed by atoms with E-state index >= 15 is 0 Å². The van der Waals surface area contributed by atoms with Crippen LogP contribution in [0.4, 0.5) is 0 Å². The number of hydrogen-bond donors (Lipinski definition) is 0. The Bertz CT molecular complexity index is 468. The van der Waals surface area contributed by atoms with E-state index in [0.29, 0.717) is 18.7 Å². The highest BCUT2D eigenvalue weighted by Crippen LogP contribution is 2.29. The van der Waals surface area contributed by atoms with Gasteiger partial charge in [0.15, 0.2) is 0 Å². The minimum atomic E-state index is -3.83. The Labute approximate surface area is 105 Å². The quantitative estimate of drug-likeness (QED) is 0.782. The van der Waals surface area contributed by atoms with Gasteiger partial charge in [-0.05, 0) is 12.8 Å². The molecule has 0 N–H and O–H groups in total. The van der Waals surface area contributed by atoms with Crippen molar-refractivity contribution in [2.45, 2.75) is 44.6 Å². The van der Waals surface area contributed by atoms with Gasteiger partial charge in [-0.1, -0.05) is 31.9 Å². The van der Waals surface area contributed by atoms with Gasteiger partial charge < -0.3 is 0 Å². The van der Waals surface area contributed by atoms with Crippen LogP contribution in [0.5, 0.6) is 0 Å². The van der Waals surface area contributed by atoms with E-state index < -0.39 is 9.05 Å². The molecule has 0 aliphatic carbocycles. The zero-order valence-electron chi connectivity index (χ0n) is 9.20. The van der Waals surface area contributed by atoms with Gasteiger partial charge in [0.05, 0.1) is 5.69 Å². The third-order valence-corrected chi connectivity index (χ3v) is 3.96. The van der Waals surface area contributed by atoms with Crippen LogP contribution in [0.1, 0.15) is 32.4 Å². The van der Waals surface area contributed by atoms with Crippen LogP contribution in [0.2, 0.25) is 5.15 Å². The average Bonchev–Trinajstić information content (AvgIpc) is 2.43. The zero-order valence-corrected chi connectivity index (χ0v) is 11.5. The molecule has 1 heterocycles. The van der Waals surface area contributed by atoms with E-state index in [9.17, 15) is 8.42 Å². The summed E-state index contributed by atoms with van der Waals surface area (Å²) in [6.07, 6.45) is 2.17. The van der Waals surface area contributed by atoms with Gasteiger partial charge in [-0.15, -0.1) is 0 Å². The number of rotatable bonds is 5. The third kappa shape index (κ3) is 2.90. The molecule has 16 heavy (non-hydrogen) atoms. The van der Waals surface area contributed by atoms with Crippen LogP contribution >= 0.6 is 22.3 Å². The van der Waals surface area contributed by atoms with Crippen molar-refractivity contribution in [1.82, 2.24) is 9.78 Å². The fraction of sp³-hybridized carbons (Fsp3) is 0.667. The first-order chi connectivity index (χ1) is 7.41. The summed E-state index contributed by atoms with van der Waals surface area (Å²) in [5, 5.41) is 4.29. The molecule has 1 aromatic rings. The van der Waals surface area contributed by atoms with Crippen molar-refractivity contribution in [2.75, 3.05) is 0 Å². The smallest absolute Gasteiger partial charge is 0.252 e. The van der Waals surface area contributed by atoms with Crippen LogP contribution in [0.15, 0.2) is 4.90 Å². The highest BCUT2D eigenvalue weighted by atomic mass is 35.7. The van der Waals surface area contributed by atoms with Gasteiger partial charge in [-0.25, -0.2) is 8.42 Å². The fourth-order valence-corrected chi connectivity index (χ4v) is 3.34. The lowest BCUT2D eigenvalue weighted by atomic mass is 10.2. The maximum atomic E-state index is 11.4. The molecular weight excluding hydrogens is 271 g/mol. The van der Waals surface area contributed by atoms with E-state index in [1.165, 1.54) is 4.68 Å². The van der Waals surface area contributed by atoms with Crippen molar-refractivity contribution in [2.24, 2.45) is 0 Å². The molecule has 1 aromatic heterocycles. The van der Waals surface area contributed by atoms with E-state index in [4.69, 9.17) is 22.3 Å². The van der Waals surface area contributed by atoms with E-state index in [-0.39, 0.29) is 10.0 Å². The van der Waals surface area contributed by atoms with Crippen LogP contribution < -0.4 is 0 Å². The van der Waals surface area contributed by atoms with Gasteiger partial charge in [0, 0.05) is 17.2 Å². The summed E-state index contributed by atoms with van der Waals surface area (Å²) >= 11 is 5.97. The van der Waals surface area contributed by atoms with Crippen molar-refractivity contribution >= 4 is 31.3 Å². The summed E-state index contributed by atoms with van der Waals surface area (Å²) in [6.45, 7) is 4.49. The van der Waals surface area contributed by atoms with E-state index in [0.717, 1.165) is 12.8 Å². The fourth-order valence-electron chi connectivity index (χ4n) is 1.47. The van der Waals surface area contributed by atoms with Gasteiger partial charge >= 0.3 is 0 Å². The molecular formula is C9H14Cl2N2O2S. The standard InChI is InChI=1S/C9H14Cl2N2O2S/c1-3-5-7-8(16(11,14)15)9(10)13(12-7)6-4-2/h3-6H2,1-2H3. The molecule has 4 nitrogen and oxygen atoms in total. The topological polar surface area (TPSA) is 52.0 Å². The Kier molecular flexibility index (Phi) is 4.64. The van der Waals surface area contributed by atoms with Crippen LogP contribution in [0.3, 0.4) is 0 Å². The van der Waals surface area contributed by atoms with Gasteiger partial charge in [0.25, 0.3) is 9.05 Å². The Morgan fingerprint density at radius 3 is 2.38 bits per heavy atom. The number of hydrogen-bond acceptors (Lipinski definition) is 3. The molecule has 0 saturated carbocycles. The lowest BCUT2D eigenvalue weighted by Gasteiger charge is -1.98. The predicted molar refractivity (Wildman–Crippen MR) is 64.6 cm³/mol. The maximum Gasteiger partial charge on any atom is 0.266 e. The number of nitrogens with zero attached hydrogens (tertiary/aromatic N) is 2. The minimum Gasteiger partial charge on any atom is -0.252 e. The Balaban J connectivity index is 3.32. The summed E-state index contributed by atoms with van der Waals surface area (Å²) in [5.74, 6) is 0. The zero-order chi connectivity index (χ0) is 12.3. The Hall–Kier alpha value is -0.260. The molecule has 0 spiro atoms. The molecule has 0 radical (unpaired) electrons. The monoisotopic (exact) mass is 284 g/mol. The normalized spacial score (nSPS) is 12.0. The molecule has 1 rings (SSSR count). The minimum absolute atomic E-state index is 0.0360. The molecule has 0 aliphatic heterocycles. The van der Waals surface area contributed by atoms with Gasteiger partial charge in [0.1, 0.15) is 10.0 Å². The molecule has 0 aromatic carbocycles. The molecule has 0 saturated heterocycles. The van der Waals surface area contributed by atoms with Crippen molar-refractivity contribution in [3.05, 3.63) is 10.8 Å². The lowest BCUT2D eigenvalue weighted by molar-refractivity contribution is 0.593. The van der Waals surface area contributed by atoms with Crippen molar-refractivity contribution in [3.63, 3.8) is 0 Å². The van der Waals surface area contributed by atoms with Gasteiger partial charge in [0.2, 0.25) is 0 Å². The number of aryl methyl sites for hydroxylation is 2. The third-order valence-electron chi connectivity index (χ3n) is 2.08. The lowest BCUT2D eigenvalue weighted by Crippen LogP contribution is -1.99. The maximum absolute atomic E-state index is 11.4. The SMILES string of the molecule is CCCc1nn(CCC)c(Cl)c1S(=O)(=O)Cl. The highest BCUT2D eigenvalue weighted by Gasteiger charge is 2.25. The second-order valence-electron chi connectivity index (χ2n) is 3.48. The molecule has 0 unspecified atom stereocenters. The molecule has 0 bridgehead atoms. The summed E-state index contributed by atoms with van der Waals surface area (Å²) in [4.78, 5) is -0.0360. The summed E-state index contributed by atoms with van der Waals surface area (Å²) in [7, 11) is 1.53. The molecule has 0 aliphatic rings. The van der Waals surface area contributed by atoms with Gasteiger partial charge in [-0.2, -0.15) is 5.10 Å².